The highest BCUT2D eigenvalue weighted by molar-refractivity contribution is 5.56. The van der Waals surface area contributed by atoms with Gasteiger partial charge in [0.25, 0.3) is 0 Å². The highest BCUT2D eigenvalue weighted by Gasteiger charge is 2.12. The van der Waals surface area contributed by atoms with Crippen LogP contribution in [0.2, 0.25) is 0 Å². The summed E-state index contributed by atoms with van der Waals surface area (Å²) in [6, 6.07) is 10.0. The maximum atomic E-state index is 9.03. The molecule has 1 aliphatic carbocycles. The first kappa shape index (κ1) is 13.4. The van der Waals surface area contributed by atoms with Gasteiger partial charge in [-0.3, -0.25) is 0 Å². The van der Waals surface area contributed by atoms with Crippen molar-refractivity contribution in [3.05, 3.63) is 29.3 Å². The number of nitriles is 2. The fraction of sp³-hybridized carbons (Fsp3) is 0.500. The van der Waals surface area contributed by atoms with Gasteiger partial charge in [0.2, 0.25) is 0 Å². The third-order valence-electron chi connectivity index (χ3n) is 3.74. The molecule has 1 aliphatic rings. The van der Waals surface area contributed by atoms with Crippen LogP contribution in [0.15, 0.2) is 18.2 Å². The van der Waals surface area contributed by atoms with E-state index in [0.717, 1.165) is 5.69 Å². The van der Waals surface area contributed by atoms with Gasteiger partial charge in [-0.05, 0) is 31.0 Å². The van der Waals surface area contributed by atoms with Crippen molar-refractivity contribution in [2.75, 3.05) is 5.32 Å². The molecule has 0 radical (unpaired) electrons. The Morgan fingerprint density at radius 1 is 0.895 bits per heavy atom. The van der Waals surface area contributed by atoms with Crippen LogP contribution in [0, 0.1) is 22.7 Å². The summed E-state index contributed by atoms with van der Waals surface area (Å²) in [6.07, 6.45) is 8.97. The van der Waals surface area contributed by atoms with Crippen LogP contribution in [0.1, 0.15) is 56.1 Å². The minimum atomic E-state index is 0.450. The number of anilines is 1. The maximum absolute atomic E-state index is 9.03. The van der Waals surface area contributed by atoms with Crippen molar-refractivity contribution >= 4 is 5.69 Å². The van der Waals surface area contributed by atoms with Gasteiger partial charge in [-0.15, -0.1) is 0 Å². The van der Waals surface area contributed by atoms with Gasteiger partial charge in [0, 0.05) is 11.7 Å². The summed E-state index contributed by atoms with van der Waals surface area (Å²) in [7, 11) is 0. The Balaban J connectivity index is 2.06. The molecule has 0 amide bonds. The molecular formula is C16H19N3. The lowest BCUT2D eigenvalue weighted by Gasteiger charge is -2.22. The third-order valence-corrected chi connectivity index (χ3v) is 3.74. The Morgan fingerprint density at radius 2 is 1.53 bits per heavy atom. The lowest BCUT2D eigenvalue weighted by molar-refractivity contribution is 0.471. The van der Waals surface area contributed by atoms with Crippen LogP contribution in [-0.2, 0) is 0 Å². The summed E-state index contributed by atoms with van der Waals surface area (Å²) in [5.74, 6) is 0. The van der Waals surface area contributed by atoms with Gasteiger partial charge in [0.15, 0.2) is 0 Å². The lowest BCUT2D eigenvalue weighted by Crippen LogP contribution is -2.20. The molecule has 2 rings (SSSR count). The molecule has 0 saturated heterocycles. The fourth-order valence-electron chi connectivity index (χ4n) is 2.66. The van der Waals surface area contributed by atoms with Crippen LogP contribution in [0.3, 0.4) is 0 Å². The minimum Gasteiger partial charge on any atom is -0.382 e. The van der Waals surface area contributed by atoms with Gasteiger partial charge < -0.3 is 5.32 Å². The van der Waals surface area contributed by atoms with Gasteiger partial charge in [-0.1, -0.05) is 32.1 Å². The van der Waals surface area contributed by atoms with Crippen molar-refractivity contribution in [3.63, 3.8) is 0 Å². The second-order valence-electron chi connectivity index (χ2n) is 5.17. The average Bonchev–Trinajstić information content (AvgIpc) is 2.41. The standard InChI is InChI=1S/C16H19N3/c17-11-13-8-9-16(10-14(13)12-18)19-15-6-4-2-1-3-5-7-15/h8-10,15,19H,1-7H2. The van der Waals surface area contributed by atoms with E-state index < -0.39 is 0 Å². The van der Waals surface area contributed by atoms with Crippen LogP contribution < -0.4 is 5.32 Å². The maximum Gasteiger partial charge on any atom is 0.101 e. The number of benzene rings is 1. The molecule has 19 heavy (non-hydrogen) atoms. The quantitative estimate of drug-likeness (QED) is 0.868. The van der Waals surface area contributed by atoms with Gasteiger partial charge >= 0.3 is 0 Å². The molecule has 3 heteroatoms. The van der Waals surface area contributed by atoms with Crippen LogP contribution in [0.25, 0.3) is 0 Å². The predicted octanol–water partition coefficient (Wildman–Crippen LogP) is 3.95. The van der Waals surface area contributed by atoms with Crippen LogP contribution in [0.5, 0.6) is 0 Å². The third kappa shape index (κ3) is 3.73. The van der Waals surface area contributed by atoms with E-state index in [9.17, 15) is 0 Å². The van der Waals surface area contributed by atoms with Crippen molar-refractivity contribution in [3.8, 4) is 12.1 Å². The molecule has 1 aromatic carbocycles. The molecule has 0 bridgehead atoms. The summed E-state index contributed by atoms with van der Waals surface area (Å²) >= 11 is 0. The Morgan fingerprint density at radius 3 is 2.16 bits per heavy atom. The van der Waals surface area contributed by atoms with E-state index in [0.29, 0.717) is 17.2 Å². The number of rotatable bonds is 2. The second kappa shape index (κ2) is 6.81. The highest BCUT2D eigenvalue weighted by atomic mass is 14.9. The summed E-state index contributed by atoms with van der Waals surface area (Å²) in [4.78, 5) is 0. The van der Waals surface area contributed by atoms with E-state index in [-0.39, 0.29) is 0 Å². The zero-order chi connectivity index (χ0) is 13.5. The van der Waals surface area contributed by atoms with E-state index in [2.05, 4.69) is 11.4 Å². The molecule has 0 aromatic heterocycles. The number of nitrogens with zero attached hydrogens (tertiary/aromatic N) is 2. The molecule has 0 unspecified atom stereocenters. The molecule has 1 N–H and O–H groups in total. The van der Waals surface area contributed by atoms with Gasteiger partial charge in [-0.25, -0.2) is 0 Å². The number of hydrogen-bond acceptors (Lipinski definition) is 3. The SMILES string of the molecule is N#Cc1ccc(NC2CCCCCCC2)cc1C#N. The predicted molar refractivity (Wildman–Crippen MR) is 75.6 cm³/mol. The lowest BCUT2D eigenvalue weighted by atomic mass is 9.96. The zero-order valence-corrected chi connectivity index (χ0v) is 11.2. The Labute approximate surface area is 114 Å². The normalized spacial score (nSPS) is 16.7. The van der Waals surface area contributed by atoms with Crippen molar-refractivity contribution < 1.29 is 0 Å². The molecule has 0 heterocycles. The van der Waals surface area contributed by atoms with Crippen molar-refractivity contribution in [2.24, 2.45) is 0 Å². The number of nitrogens with one attached hydrogen (secondary N) is 1. The molecule has 98 valence electrons. The van der Waals surface area contributed by atoms with Crippen molar-refractivity contribution in [1.82, 2.24) is 0 Å². The molecule has 0 aliphatic heterocycles. The Bertz CT molecular complexity index is 500. The second-order valence-corrected chi connectivity index (χ2v) is 5.17. The minimum absolute atomic E-state index is 0.450. The smallest absolute Gasteiger partial charge is 0.101 e. The molecule has 0 spiro atoms. The molecule has 1 saturated carbocycles. The molecule has 3 nitrogen and oxygen atoms in total. The monoisotopic (exact) mass is 253 g/mol. The first-order valence-electron chi connectivity index (χ1n) is 7.04. The summed E-state index contributed by atoms with van der Waals surface area (Å²) in [5, 5.41) is 21.5. The molecule has 1 aromatic rings. The average molecular weight is 253 g/mol. The zero-order valence-electron chi connectivity index (χ0n) is 11.2. The molecule has 0 atom stereocenters. The van der Waals surface area contributed by atoms with Crippen molar-refractivity contribution in [1.29, 1.82) is 10.5 Å². The highest BCUT2D eigenvalue weighted by Crippen LogP contribution is 2.22. The van der Waals surface area contributed by atoms with Crippen LogP contribution in [0.4, 0.5) is 5.69 Å². The van der Waals surface area contributed by atoms with E-state index in [1.807, 2.05) is 12.1 Å². The summed E-state index contributed by atoms with van der Waals surface area (Å²) in [5.41, 5.74) is 1.87. The van der Waals surface area contributed by atoms with Crippen LogP contribution >= 0.6 is 0 Å². The van der Waals surface area contributed by atoms with Gasteiger partial charge in [0.05, 0.1) is 11.1 Å². The Hall–Kier alpha value is -2.00. The van der Waals surface area contributed by atoms with Crippen molar-refractivity contribution in [2.45, 2.75) is 51.0 Å². The summed E-state index contributed by atoms with van der Waals surface area (Å²) in [6.45, 7) is 0. The van der Waals surface area contributed by atoms with E-state index in [1.165, 1.54) is 44.9 Å². The number of hydrogen-bond donors (Lipinski definition) is 1. The van der Waals surface area contributed by atoms with E-state index in [4.69, 9.17) is 10.5 Å². The van der Waals surface area contributed by atoms with Gasteiger partial charge in [-0.2, -0.15) is 10.5 Å². The van der Waals surface area contributed by atoms with Gasteiger partial charge in [0.1, 0.15) is 12.1 Å². The Kier molecular flexibility index (Phi) is 4.81. The topological polar surface area (TPSA) is 59.6 Å². The summed E-state index contributed by atoms with van der Waals surface area (Å²) < 4.78 is 0. The molecule has 1 fully saturated rings. The molecular weight excluding hydrogens is 234 g/mol. The first-order chi connectivity index (χ1) is 9.33. The van der Waals surface area contributed by atoms with E-state index in [1.54, 1.807) is 12.1 Å². The fourth-order valence-corrected chi connectivity index (χ4v) is 2.66. The largest absolute Gasteiger partial charge is 0.382 e. The van der Waals surface area contributed by atoms with Crippen LogP contribution in [-0.4, -0.2) is 6.04 Å². The van der Waals surface area contributed by atoms with E-state index >= 15 is 0 Å². The first-order valence-corrected chi connectivity index (χ1v) is 7.04.